The smallest absolute Gasteiger partial charge is 0.274 e. The summed E-state index contributed by atoms with van der Waals surface area (Å²) in [6.07, 6.45) is 4.33. The maximum absolute atomic E-state index is 12.6. The van der Waals surface area contributed by atoms with Crippen LogP contribution in [0.1, 0.15) is 23.8 Å². The Bertz CT molecular complexity index is 660. The average molecular weight is 285 g/mol. The van der Waals surface area contributed by atoms with Crippen LogP contribution >= 0.6 is 0 Å². The number of aromatic nitrogens is 2. The zero-order valence-corrected chi connectivity index (χ0v) is 12.4. The van der Waals surface area contributed by atoms with E-state index < -0.39 is 0 Å². The zero-order chi connectivity index (χ0) is 14.9. The number of fused-ring (bicyclic) bond motifs is 1. The fourth-order valence-electron chi connectivity index (χ4n) is 2.84. The monoisotopic (exact) mass is 285 g/mol. The third-order valence-corrected chi connectivity index (χ3v) is 4.07. The van der Waals surface area contributed by atoms with Gasteiger partial charge in [0.15, 0.2) is 5.69 Å². The summed E-state index contributed by atoms with van der Waals surface area (Å²) in [5.74, 6) is -0.0332. The molecule has 3 rings (SSSR count). The highest BCUT2D eigenvalue weighted by Gasteiger charge is 2.41. The zero-order valence-electron chi connectivity index (χ0n) is 12.4. The van der Waals surface area contributed by atoms with Crippen molar-refractivity contribution in [2.75, 3.05) is 26.8 Å². The molecule has 0 aromatic carbocycles. The molecule has 0 saturated carbocycles. The minimum absolute atomic E-state index is 0.0332. The minimum Gasteiger partial charge on any atom is -0.385 e. The lowest BCUT2D eigenvalue weighted by molar-refractivity contribution is -0.00118. The van der Waals surface area contributed by atoms with E-state index in [4.69, 9.17) is 4.74 Å². The summed E-state index contributed by atoms with van der Waals surface area (Å²) in [6, 6.07) is 5.68. The normalized spacial score (nSPS) is 16.8. The Morgan fingerprint density at radius 1 is 1.33 bits per heavy atom. The highest BCUT2D eigenvalue weighted by molar-refractivity contribution is 6.03. The van der Waals surface area contributed by atoms with E-state index in [2.05, 4.69) is 16.9 Å². The van der Waals surface area contributed by atoms with Crippen molar-refractivity contribution in [3.05, 3.63) is 36.3 Å². The van der Waals surface area contributed by atoms with Crippen LogP contribution in [-0.2, 0) is 4.74 Å². The Morgan fingerprint density at radius 3 is 2.90 bits per heavy atom. The summed E-state index contributed by atoms with van der Waals surface area (Å²) in [4.78, 5) is 23.0. The van der Waals surface area contributed by atoms with Crippen molar-refractivity contribution in [1.82, 2.24) is 14.9 Å². The Kier molecular flexibility index (Phi) is 3.59. The van der Waals surface area contributed by atoms with Crippen LogP contribution in [0.3, 0.4) is 0 Å². The van der Waals surface area contributed by atoms with Crippen LogP contribution in [0.4, 0.5) is 0 Å². The van der Waals surface area contributed by atoms with E-state index in [1.807, 2.05) is 23.1 Å². The molecular weight excluding hydrogens is 266 g/mol. The molecule has 2 aromatic rings. The fraction of sp³-hybridized carbons (Fsp3) is 0.438. The number of nitrogens with zero attached hydrogens (tertiary/aromatic N) is 3. The molecular formula is C16H19N3O2. The van der Waals surface area contributed by atoms with Gasteiger partial charge in [0, 0.05) is 50.0 Å². The number of methoxy groups -OCH3 is 1. The van der Waals surface area contributed by atoms with Gasteiger partial charge in [0.2, 0.25) is 0 Å². The Balaban J connectivity index is 1.77. The molecule has 21 heavy (non-hydrogen) atoms. The summed E-state index contributed by atoms with van der Waals surface area (Å²) < 4.78 is 5.13. The minimum atomic E-state index is -0.0332. The van der Waals surface area contributed by atoms with E-state index in [0.29, 0.717) is 11.2 Å². The van der Waals surface area contributed by atoms with Crippen LogP contribution in [0, 0.1) is 5.41 Å². The quantitative estimate of drug-likeness (QED) is 0.863. The number of amides is 1. The first-order valence-electron chi connectivity index (χ1n) is 7.11. The van der Waals surface area contributed by atoms with Crippen LogP contribution in [0.2, 0.25) is 0 Å². The van der Waals surface area contributed by atoms with Crippen LogP contribution in [-0.4, -0.2) is 47.6 Å². The molecule has 0 N–H and O–H groups in total. The van der Waals surface area contributed by atoms with Crippen molar-refractivity contribution in [1.29, 1.82) is 0 Å². The van der Waals surface area contributed by atoms with E-state index in [1.54, 1.807) is 19.5 Å². The predicted octanol–water partition coefficient (Wildman–Crippen LogP) is 2.13. The van der Waals surface area contributed by atoms with Crippen molar-refractivity contribution in [2.45, 2.75) is 13.3 Å². The van der Waals surface area contributed by atoms with Gasteiger partial charge in [-0.3, -0.25) is 9.78 Å². The van der Waals surface area contributed by atoms with Crippen LogP contribution in [0.15, 0.2) is 30.6 Å². The number of carbonyl (C=O) groups is 1. The van der Waals surface area contributed by atoms with E-state index in [0.717, 1.165) is 31.5 Å². The van der Waals surface area contributed by atoms with Crippen molar-refractivity contribution in [3.8, 4) is 0 Å². The first kappa shape index (κ1) is 13.9. The van der Waals surface area contributed by atoms with Gasteiger partial charge in [-0.15, -0.1) is 0 Å². The highest BCUT2D eigenvalue weighted by atomic mass is 16.5. The molecule has 5 heteroatoms. The Morgan fingerprint density at radius 2 is 2.14 bits per heavy atom. The average Bonchev–Trinajstić information content (AvgIpc) is 2.49. The van der Waals surface area contributed by atoms with E-state index in [9.17, 15) is 4.79 Å². The topological polar surface area (TPSA) is 55.3 Å². The SMILES string of the molecule is COCCC1(C)CN(C(=O)c2nccc3cccnc23)C1. The van der Waals surface area contributed by atoms with Gasteiger partial charge in [0.05, 0.1) is 0 Å². The molecule has 5 nitrogen and oxygen atoms in total. The maximum Gasteiger partial charge on any atom is 0.274 e. The lowest BCUT2D eigenvalue weighted by atomic mass is 9.79. The lowest BCUT2D eigenvalue weighted by Crippen LogP contribution is -2.57. The van der Waals surface area contributed by atoms with E-state index >= 15 is 0 Å². The molecule has 0 aliphatic carbocycles. The molecule has 1 amide bonds. The Hall–Kier alpha value is -2.01. The fourth-order valence-corrected chi connectivity index (χ4v) is 2.84. The summed E-state index contributed by atoms with van der Waals surface area (Å²) in [7, 11) is 1.71. The molecule has 0 radical (unpaired) electrons. The van der Waals surface area contributed by atoms with Gasteiger partial charge in [-0.05, 0) is 18.6 Å². The van der Waals surface area contributed by atoms with Gasteiger partial charge < -0.3 is 9.64 Å². The summed E-state index contributed by atoms with van der Waals surface area (Å²) in [5.41, 5.74) is 1.28. The second kappa shape index (κ2) is 5.41. The molecule has 1 aliphatic heterocycles. The molecule has 0 atom stereocenters. The second-order valence-corrected chi connectivity index (χ2v) is 5.95. The third-order valence-electron chi connectivity index (χ3n) is 4.07. The lowest BCUT2D eigenvalue weighted by Gasteiger charge is -2.48. The molecule has 1 fully saturated rings. The number of hydrogen-bond donors (Lipinski definition) is 0. The van der Waals surface area contributed by atoms with Crippen LogP contribution in [0.25, 0.3) is 10.9 Å². The van der Waals surface area contributed by atoms with Gasteiger partial charge in [-0.25, -0.2) is 4.98 Å². The van der Waals surface area contributed by atoms with Crippen LogP contribution in [0.5, 0.6) is 0 Å². The van der Waals surface area contributed by atoms with Gasteiger partial charge in [0.1, 0.15) is 5.52 Å². The molecule has 2 aromatic heterocycles. The number of likely N-dealkylation sites (tertiary alicyclic amines) is 1. The highest BCUT2D eigenvalue weighted by Crippen LogP contribution is 2.34. The third kappa shape index (κ3) is 2.61. The molecule has 1 saturated heterocycles. The summed E-state index contributed by atoms with van der Waals surface area (Å²) >= 11 is 0. The van der Waals surface area contributed by atoms with E-state index in [-0.39, 0.29) is 11.3 Å². The molecule has 1 aliphatic rings. The Labute approximate surface area is 124 Å². The number of pyridine rings is 2. The number of carbonyl (C=O) groups excluding carboxylic acids is 1. The molecule has 110 valence electrons. The van der Waals surface area contributed by atoms with Crippen molar-refractivity contribution >= 4 is 16.8 Å². The maximum atomic E-state index is 12.6. The second-order valence-electron chi connectivity index (χ2n) is 5.95. The first-order valence-corrected chi connectivity index (χ1v) is 7.11. The molecule has 0 bridgehead atoms. The first-order chi connectivity index (χ1) is 10.1. The van der Waals surface area contributed by atoms with E-state index in [1.165, 1.54) is 0 Å². The van der Waals surface area contributed by atoms with Gasteiger partial charge >= 0.3 is 0 Å². The number of hydrogen-bond acceptors (Lipinski definition) is 4. The van der Waals surface area contributed by atoms with Gasteiger partial charge in [-0.1, -0.05) is 13.0 Å². The van der Waals surface area contributed by atoms with Crippen molar-refractivity contribution in [2.24, 2.45) is 5.41 Å². The summed E-state index contributed by atoms with van der Waals surface area (Å²) in [5, 5.41) is 0.943. The predicted molar refractivity (Wildman–Crippen MR) is 80.0 cm³/mol. The molecule has 0 unspecified atom stereocenters. The van der Waals surface area contributed by atoms with Crippen LogP contribution < -0.4 is 0 Å². The largest absolute Gasteiger partial charge is 0.385 e. The molecule has 0 spiro atoms. The molecule has 3 heterocycles. The number of ether oxygens (including phenoxy) is 1. The summed E-state index contributed by atoms with van der Waals surface area (Å²) in [6.45, 7) is 4.41. The van der Waals surface area contributed by atoms with Gasteiger partial charge in [0.25, 0.3) is 5.91 Å². The van der Waals surface area contributed by atoms with Crippen molar-refractivity contribution < 1.29 is 9.53 Å². The standard InChI is InChI=1S/C16H19N3O2/c1-16(6-9-21-2)10-19(11-16)15(20)14-13-12(5-8-18-14)4-3-7-17-13/h3-5,7-8H,6,9-11H2,1-2H3. The van der Waals surface area contributed by atoms with Crippen molar-refractivity contribution in [3.63, 3.8) is 0 Å². The van der Waals surface area contributed by atoms with Gasteiger partial charge in [-0.2, -0.15) is 0 Å². The number of rotatable bonds is 4.